The van der Waals surface area contributed by atoms with Crippen molar-refractivity contribution in [3.8, 4) is 0 Å². The predicted molar refractivity (Wildman–Crippen MR) is 117 cm³/mol. The minimum absolute atomic E-state index is 0.130. The molecule has 0 atom stereocenters. The monoisotopic (exact) mass is 410 g/mol. The van der Waals surface area contributed by atoms with E-state index in [0.717, 1.165) is 25.9 Å². The molecule has 3 rings (SSSR count). The number of carbonyl (C=O) groups excluding carboxylic acids is 2. The van der Waals surface area contributed by atoms with Gasteiger partial charge >= 0.3 is 0 Å². The number of benzene rings is 2. The average molecular weight is 410 g/mol. The zero-order valence-corrected chi connectivity index (χ0v) is 17.4. The van der Waals surface area contributed by atoms with Crippen molar-refractivity contribution in [3.63, 3.8) is 0 Å². The van der Waals surface area contributed by atoms with E-state index in [1.165, 1.54) is 12.1 Å². The van der Waals surface area contributed by atoms with Crippen LogP contribution in [0.25, 0.3) is 0 Å². The molecule has 0 aliphatic carbocycles. The van der Waals surface area contributed by atoms with Crippen molar-refractivity contribution in [2.75, 3.05) is 28.6 Å². The fourth-order valence-electron chi connectivity index (χ4n) is 3.24. The number of nitro benzene ring substituents is 1. The number of hydrogen-bond donors (Lipinski definition) is 2. The lowest BCUT2D eigenvalue weighted by Crippen LogP contribution is -2.27. The maximum atomic E-state index is 13.0. The lowest BCUT2D eigenvalue weighted by Gasteiger charge is -2.21. The summed E-state index contributed by atoms with van der Waals surface area (Å²) in [5.74, 6) is -0.569. The van der Waals surface area contributed by atoms with Crippen LogP contribution in [0.2, 0.25) is 0 Å². The summed E-state index contributed by atoms with van der Waals surface area (Å²) >= 11 is 0. The fourth-order valence-corrected chi connectivity index (χ4v) is 3.24. The molecule has 0 unspecified atom stereocenters. The molecule has 2 amide bonds. The van der Waals surface area contributed by atoms with E-state index in [-0.39, 0.29) is 17.2 Å². The molecule has 1 aliphatic heterocycles. The van der Waals surface area contributed by atoms with Gasteiger partial charge in [-0.05, 0) is 37.1 Å². The van der Waals surface area contributed by atoms with Gasteiger partial charge in [0, 0.05) is 42.0 Å². The number of nitro groups is 1. The van der Waals surface area contributed by atoms with Gasteiger partial charge in [-0.3, -0.25) is 19.7 Å². The zero-order valence-electron chi connectivity index (χ0n) is 17.4. The quantitative estimate of drug-likeness (QED) is 0.560. The minimum Gasteiger partial charge on any atom is -0.371 e. The first-order chi connectivity index (χ1) is 14.1. The van der Waals surface area contributed by atoms with E-state index < -0.39 is 16.2 Å². The van der Waals surface area contributed by atoms with Crippen molar-refractivity contribution in [1.29, 1.82) is 0 Å². The third kappa shape index (κ3) is 4.94. The topological polar surface area (TPSA) is 105 Å². The van der Waals surface area contributed by atoms with Crippen LogP contribution in [0.5, 0.6) is 0 Å². The Bertz CT molecular complexity index is 975. The summed E-state index contributed by atoms with van der Waals surface area (Å²) in [7, 11) is 0. The van der Waals surface area contributed by atoms with Crippen molar-refractivity contribution in [2.45, 2.75) is 33.6 Å². The highest BCUT2D eigenvalue weighted by molar-refractivity contribution is 6.09. The van der Waals surface area contributed by atoms with Crippen LogP contribution in [0.15, 0.2) is 42.5 Å². The minimum atomic E-state index is -0.549. The highest BCUT2D eigenvalue weighted by Crippen LogP contribution is 2.29. The largest absolute Gasteiger partial charge is 0.371 e. The number of nitrogens with one attached hydrogen (secondary N) is 2. The van der Waals surface area contributed by atoms with Gasteiger partial charge in [-0.25, -0.2) is 0 Å². The molecule has 0 spiro atoms. The summed E-state index contributed by atoms with van der Waals surface area (Å²) in [5, 5.41) is 16.8. The second kappa shape index (κ2) is 8.52. The molecule has 1 aliphatic rings. The lowest BCUT2D eigenvalue weighted by atomic mass is 9.95. The van der Waals surface area contributed by atoms with Gasteiger partial charge in [-0.2, -0.15) is 0 Å². The molecule has 2 N–H and O–H groups in total. The van der Waals surface area contributed by atoms with Crippen LogP contribution in [0.4, 0.5) is 22.7 Å². The Morgan fingerprint density at radius 3 is 2.23 bits per heavy atom. The summed E-state index contributed by atoms with van der Waals surface area (Å²) < 4.78 is 0. The molecule has 2 aromatic carbocycles. The summed E-state index contributed by atoms with van der Waals surface area (Å²) in [5.41, 5.74) is 1.32. The maximum absolute atomic E-state index is 13.0. The van der Waals surface area contributed by atoms with Gasteiger partial charge in [0.15, 0.2) is 0 Å². The molecule has 158 valence electrons. The molecule has 0 bridgehead atoms. The van der Waals surface area contributed by atoms with Crippen molar-refractivity contribution in [3.05, 3.63) is 58.1 Å². The van der Waals surface area contributed by atoms with Gasteiger partial charge in [0.25, 0.3) is 11.6 Å². The molecule has 0 aromatic heterocycles. The number of hydrogen-bond acceptors (Lipinski definition) is 5. The summed E-state index contributed by atoms with van der Waals surface area (Å²) in [4.78, 5) is 38.0. The Labute approximate surface area is 175 Å². The van der Waals surface area contributed by atoms with Crippen LogP contribution < -0.4 is 15.5 Å². The Morgan fingerprint density at radius 1 is 1.00 bits per heavy atom. The smallest absolute Gasteiger partial charge is 0.270 e. The lowest BCUT2D eigenvalue weighted by molar-refractivity contribution is -0.384. The van der Waals surface area contributed by atoms with Crippen LogP contribution >= 0.6 is 0 Å². The molecule has 8 heteroatoms. The van der Waals surface area contributed by atoms with Gasteiger partial charge in [0.2, 0.25) is 5.91 Å². The van der Waals surface area contributed by atoms with Crippen LogP contribution in [0.1, 0.15) is 44.0 Å². The first-order valence-electron chi connectivity index (χ1n) is 9.91. The molecule has 30 heavy (non-hydrogen) atoms. The highest BCUT2D eigenvalue weighted by atomic mass is 16.6. The molecule has 2 aromatic rings. The number of carbonyl (C=O) groups is 2. The molecule has 1 heterocycles. The van der Waals surface area contributed by atoms with E-state index in [9.17, 15) is 19.7 Å². The van der Waals surface area contributed by atoms with E-state index in [1.807, 2.05) is 20.8 Å². The number of nitrogens with zero attached hydrogens (tertiary/aromatic N) is 2. The molecule has 1 fully saturated rings. The molecule has 0 radical (unpaired) electrons. The second-order valence-corrected chi connectivity index (χ2v) is 8.39. The fraction of sp³-hybridized carbons (Fsp3) is 0.364. The standard InChI is InChI=1S/C22H26N4O4/c1-22(2,3)21(28)24-16-8-6-7-15(13-16)23-20(27)18-14-17(26(29)30)9-10-19(18)25-11-4-5-12-25/h6-10,13-14H,4-5,11-12H2,1-3H3,(H,23,27)(H,24,28). The van der Waals surface area contributed by atoms with Crippen LogP contribution in [0, 0.1) is 15.5 Å². The van der Waals surface area contributed by atoms with E-state index in [0.29, 0.717) is 17.1 Å². The highest BCUT2D eigenvalue weighted by Gasteiger charge is 2.23. The first kappa shape index (κ1) is 21.3. The zero-order chi connectivity index (χ0) is 21.9. The summed E-state index contributed by atoms with van der Waals surface area (Å²) in [6, 6.07) is 11.2. The van der Waals surface area contributed by atoms with Gasteiger partial charge in [0.05, 0.1) is 16.2 Å². The van der Waals surface area contributed by atoms with Crippen LogP contribution in [-0.4, -0.2) is 29.8 Å². The Hall–Kier alpha value is -3.42. The number of anilines is 3. The maximum Gasteiger partial charge on any atom is 0.270 e. The van der Waals surface area contributed by atoms with Crippen molar-refractivity contribution in [2.24, 2.45) is 5.41 Å². The van der Waals surface area contributed by atoms with E-state index in [4.69, 9.17) is 0 Å². The normalized spacial score (nSPS) is 13.8. The van der Waals surface area contributed by atoms with E-state index >= 15 is 0 Å². The van der Waals surface area contributed by atoms with Gasteiger partial charge < -0.3 is 15.5 Å². The van der Waals surface area contributed by atoms with Crippen LogP contribution in [-0.2, 0) is 4.79 Å². The molecular formula is C22H26N4O4. The Morgan fingerprint density at radius 2 is 1.63 bits per heavy atom. The van der Waals surface area contributed by atoms with E-state index in [2.05, 4.69) is 15.5 Å². The van der Waals surface area contributed by atoms with Crippen molar-refractivity contribution >= 4 is 34.6 Å². The number of non-ortho nitro benzene ring substituents is 1. The average Bonchev–Trinajstić information content (AvgIpc) is 3.21. The predicted octanol–water partition coefficient (Wildman–Crippen LogP) is 4.43. The Kier molecular flexibility index (Phi) is 6.05. The summed E-state index contributed by atoms with van der Waals surface area (Å²) in [6.07, 6.45) is 2.04. The molecule has 1 saturated heterocycles. The van der Waals surface area contributed by atoms with Crippen molar-refractivity contribution < 1.29 is 14.5 Å². The molecule has 0 saturated carbocycles. The SMILES string of the molecule is CC(C)(C)C(=O)Nc1cccc(NC(=O)c2cc([N+](=O)[O-])ccc2N2CCCC2)c1. The first-order valence-corrected chi connectivity index (χ1v) is 9.91. The summed E-state index contributed by atoms with van der Waals surface area (Å²) in [6.45, 7) is 7.07. The van der Waals surface area contributed by atoms with Gasteiger partial charge in [0.1, 0.15) is 0 Å². The second-order valence-electron chi connectivity index (χ2n) is 8.39. The third-order valence-corrected chi connectivity index (χ3v) is 4.94. The van der Waals surface area contributed by atoms with Gasteiger partial charge in [-0.1, -0.05) is 26.8 Å². The van der Waals surface area contributed by atoms with E-state index in [1.54, 1.807) is 30.3 Å². The molecular weight excluding hydrogens is 384 g/mol. The number of amides is 2. The Balaban J connectivity index is 1.85. The van der Waals surface area contributed by atoms with Crippen LogP contribution in [0.3, 0.4) is 0 Å². The number of rotatable bonds is 5. The van der Waals surface area contributed by atoms with Crippen molar-refractivity contribution in [1.82, 2.24) is 0 Å². The third-order valence-electron chi connectivity index (χ3n) is 4.94. The van der Waals surface area contributed by atoms with Gasteiger partial charge in [-0.15, -0.1) is 0 Å². The molecule has 8 nitrogen and oxygen atoms in total.